The standard InChI is InChI=1S/C10H13IO/c1-8(2)7-12-10-5-3-9(11)4-6-10/h3-6,8H,7H2,1-2H3. The van der Waals surface area contributed by atoms with Gasteiger partial charge in [-0.05, 0) is 52.8 Å². The molecule has 0 N–H and O–H groups in total. The lowest BCUT2D eigenvalue weighted by molar-refractivity contribution is 0.271. The Balaban J connectivity index is 2.48. The molecule has 1 aromatic carbocycles. The number of ether oxygens (including phenoxy) is 1. The van der Waals surface area contributed by atoms with Crippen molar-refractivity contribution >= 4 is 22.6 Å². The van der Waals surface area contributed by atoms with E-state index in [-0.39, 0.29) is 0 Å². The largest absolute Gasteiger partial charge is 0.493 e. The summed E-state index contributed by atoms with van der Waals surface area (Å²) in [5.74, 6) is 1.55. The van der Waals surface area contributed by atoms with Gasteiger partial charge in [-0.25, -0.2) is 0 Å². The summed E-state index contributed by atoms with van der Waals surface area (Å²) in [6.45, 7) is 5.08. The Labute approximate surface area is 87.3 Å². The number of benzene rings is 1. The molecular formula is C10H13IO. The zero-order valence-electron chi connectivity index (χ0n) is 7.38. The third kappa shape index (κ3) is 3.43. The molecule has 0 saturated heterocycles. The van der Waals surface area contributed by atoms with E-state index in [9.17, 15) is 0 Å². The van der Waals surface area contributed by atoms with Crippen LogP contribution >= 0.6 is 22.6 Å². The summed E-state index contributed by atoms with van der Waals surface area (Å²) < 4.78 is 6.76. The summed E-state index contributed by atoms with van der Waals surface area (Å²) in [7, 11) is 0. The van der Waals surface area contributed by atoms with Crippen LogP contribution in [-0.4, -0.2) is 6.61 Å². The van der Waals surface area contributed by atoms with Crippen LogP contribution in [0.1, 0.15) is 13.8 Å². The fourth-order valence-corrected chi connectivity index (χ4v) is 1.15. The van der Waals surface area contributed by atoms with Crippen LogP contribution in [-0.2, 0) is 0 Å². The summed E-state index contributed by atoms with van der Waals surface area (Å²) in [4.78, 5) is 0. The fraction of sp³-hybridized carbons (Fsp3) is 0.400. The van der Waals surface area contributed by atoms with Gasteiger partial charge in [0.2, 0.25) is 0 Å². The van der Waals surface area contributed by atoms with Crippen LogP contribution in [0.4, 0.5) is 0 Å². The summed E-state index contributed by atoms with van der Waals surface area (Å²) in [5, 5.41) is 0. The summed E-state index contributed by atoms with van der Waals surface area (Å²) in [6.07, 6.45) is 0. The molecule has 1 aromatic rings. The van der Waals surface area contributed by atoms with E-state index in [4.69, 9.17) is 4.74 Å². The molecule has 0 aliphatic heterocycles. The molecule has 66 valence electrons. The predicted molar refractivity (Wildman–Crippen MR) is 59.5 cm³/mol. The Morgan fingerprint density at radius 2 is 1.83 bits per heavy atom. The van der Waals surface area contributed by atoms with E-state index >= 15 is 0 Å². The van der Waals surface area contributed by atoms with Gasteiger partial charge in [0, 0.05) is 3.57 Å². The van der Waals surface area contributed by atoms with Crippen LogP contribution in [0.2, 0.25) is 0 Å². The van der Waals surface area contributed by atoms with Gasteiger partial charge in [-0.2, -0.15) is 0 Å². The van der Waals surface area contributed by atoms with Crippen LogP contribution in [0, 0.1) is 9.49 Å². The second-order valence-corrected chi connectivity index (χ2v) is 4.40. The Bertz CT molecular complexity index is 228. The maximum atomic E-state index is 5.52. The van der Waals surface area contributed by atoms with Crippen LogP contribution in [0.3, 0.4) is 0 Å². The molecule has 0 aliphatic carbocycles. The average molecular weight is 276 g/mol. The summed E-state index contributed by atoms with van der Waals surface area (Å²) in [6, 6.07) is 8.11. The van der Waals surface area contributed by atoms with Gasteiger partial charge in [-0.3, -0.25) is 0 Å². The molecule has 0 aliphatic rings. The molecule has 0 atom stereocenters. The van der Waals surface area contributed by atoms with Crippen molar-refractivity contribution in [2.45, 2.75) is 13.8 Å². The highest BCUT2D eigenvalue weighted by atomic mass is 127. The number of rotatable bonds is 3. The van der Waals surface area contributed by atoms with Crippen molar-refractivity contribution in [1.82, 2.24) is 0 Å². The molecule has 1 nitrogen and oxygen atoms in total. The highest BCUT2D eigenvalue weighted by Crippen LogP contribution is 2.13. The Morgan fingerprint density at radius 3 is 2.33 bits per heavy atom. The molecule has 0 amide bonds. The lowest BCUT2D eigenvalue weighted by Gasteiger charge is -2.07. The number of halogens is 1. The normalized spacial score (nSPS) is 10.3. The summed E-state index contributed by atoms with van der Waals surface area (Å²) >= 11 is 2.28. The molecule has 0 bridgehead atoms. The monoisotopic (exact) mass is 276 g/mol. The van der Waals surface area contributed by atoms with Crippen LogP contribution in [0.25, 0.3) is 0 Å². The number of hydrogen-bond acceptors (Lipinski definition) is 1. The van der Waals surface area contributed by atoms with Gasteiger partial charge in [-0.1, -0.05) is 13.8 Å². The molecule has 1 rings (SSSR count). The van der Waals surface area contributed by atoms with Gasteiger partial charge in [0.25, 0.3) is 0 Å². The molecular weight excluding hydrogens is 263 g/mol. The maximum Gasteiger partial charge on any atom is 0.119 e. The lowest BCUT2D eigenvalue weighted by atomic mass is 10.2. The lowest BCUT2D eigenvalue weighted by Crippen LogP contribution is -2.04. The smallest absolute Gasteiger partial charge is 0.119 e. The van der Waals surface area contributed by atoms with Crippen molar-refractivity contribution in [2.75, 3.05) is 6.61 Å². The van der Waals surface area contributed by atoms with Crippen molar-refractivity contribution in [3.63, 3.8) is 0 Å². The van der Waals surface area contributed by atoms with Crippen LogP contribution in [0.5, 0.6) is 5.75 Å². The zero-order valence-corrected chi connectivity index (χ0v) is 9.54. The van der Waals surface area contributed by atoms with Crippen molar-refractivity contribution in [1.29, 1.82) is 0 Å². The van der Waals surface area contributed by atoms with E-state index in [1.807, 2.05) is 12.1 Å². The van der Waals surface area contributed by atoms with Gasteiger partial charge in [0.15, 0.2) is 0 Å². The molecule has 0 radical (unpaired) electrons. The minimum Gasteiger partial charge on any atom is -0.493 e. The fourth-order valence-electron chi connectivity index (χ4n) is 0.794. The molecule has 12 heavy (non-hydrogen) atoms. The van der Waals surface area contributed by atoms with Crippen LogP contribution in [0.15, 0.2) is 24.3 Å². The highest BCUT2D eigenvalue weighted by molar-refractivity contribution is 14.1. The molecule has 0 saturated carbocycles. The number of hydrogen-bond donors (Lipinski definition) is 0. The van der Waals surface area contributed by atoms with Crippen LogP contribution < -0.4 is 4.74 Å². The van der Waals surface area contributed by atoms with E-state index in [2.05, 4.69) is 48.6 Å². The molecule has 0 unspecified atom stereocenters. The first-order chi connectivity index (χ1) is 5.68. The Kier molecular flexibility index (Phi) is 3.85. The first-order valence-electron chi connectivity index (χ1n) is 4.07. The van der Waals surface area contributed by atoms with E-state index in [1.165, 1.54) is 3.57 Å². The quantitative estimate of drug-likeness (QED) is 0.769. The van der Waals surface area contributed by atoms with Gasteiger partial charge >= 0.3 is 0 Å². The minimum atomic E-state index is 0.587. The second-order valence-electron chi connectivity index (χ2n) is 3.16. The maximum absolute atomic E-state index is 5.52. The average Bonchev–Trinajstić information content (AvgIpc) is 2.03. The first kappa shape index (κ1) is 9.84. The molecule has 0 fully saturated rings. The molecule has 0 aromatic heterocycles. The Morgan fingerprint density at radius 1 is 1.25 bits per heavy atom. The van der Waals surface area contributed by atoms with Gasteiger partial charge in [-0.15, -0.1) is 0 Å². The van der Waals surface area contributed by atoms with Crippen molar-refractivity contribution < 1.29 is 4.74 Å². The van der Waals surface area contributed by atoms with E-state index in [0.29, 0.717) is 5.92 Å². The molecule has 0 spiro atoms. The van der Waals surface area contributed by atoms with Crippen molar-refractivity contribution in [3.8, 4) is 5.75 Å². The van der Waals surface area contributed by atoms with Gasteiger partial charge < -0.3 is 4.74 Å². The van der Waals surface area contributed by atoms with E-state index in [1.54, 1.807) is 0 Å². The Hall–Kier alpha value is -0.250. The summed E-state index contributed by atoms with van der Waals surface area (Å²) in [5.41, 5.74) is 0. The first-order valence-corrected chi connectivity index (χ1v) is 5.14. The van der Waals surface area contributed by atoms with Crippen molar-refractivity contribution in [3.05, 3.63) is 27.8 Å². The molecule has 2 heteroatoms. The van der Waals surface area contributed by atoms with Gasteiger partial charge in [0.1, 0.15) is 5.75 Å². The van der Waals surface area contributed by atoms with Gasteiger partial charge in [0.05, 0.1) is 6.61 Å². The third-order valence-electron chi connectivity index (χ3n) is 1.40. The van der Waals surface area contributed by atoms with E-state index < -0.39 is 0 Å². The van der Waals surface area contributed by atoms with E-state index in [0.717, 1.165) is 12.4 Å². The second kappa shape index (κ2) is 4.70. The SMILES string of the molecule is CC(C)COc1ccc(I)cc1. The molecule has 0 heterocycles. The zero-order chi connectivity index (χ0) is 8.97. The van der Waals surface area contributed by atoms with Crippen molar-refractivity contribution in [2.24, 2.45) is 5.92 Å². The predicted octanol–water partition coefficient (Wildman–Crippen LogP) is 3.33. The topological polar surface area (TPSA) is 9.23 Å². The minimum absolute atomic E-state index is 0.587. The third-order valence-corrected chi connectivity index (χ3v) is 2.12. The highest BCUT2D eigenvalue weighted by Gasteiger charge is 1.95.